The zero-order valence-electron chi connectivity index (χ0n) is 14.4. The first kappa shape index (κ1) is 18.8. The Morgan fingerprint density at radius 1 is 1.32 bits per heavy atom. The third kappa shape index (κ3) is 3.75. The van der Waals surface area contributed by atoms with Crippen LogP contribution in [-0.2, 0) is 9.53 Å². The molecule has 136 valence electrons. The van der Waals surface area contributed by atoms with Crippen molar-refractivity contribution in [2.24, 2.45) is 0 Å². The molecule has 25 heavy (non-hydrogen) atoms. The number of aliphatic hydroxyl groups excluding tert-OH is 1. The van der Waals surface area contributed by atoms with Gasteiger partial charge in [-0.2, -0.15) is 0 Å². The molecule has 2 atom stereocenters. The highest BCUT2D eigenvalue weighted by atomic mass is 16.5. The van der Waals surface area contributed by atoms with Gasteiger partial charge in [0.2, 0.25) is 0 Å². The molecule has 1 aliphatic heterocycles. The van der Waals surface area contributed by atoms with E-state index in [1.807, 2.05) is 29.8 Å². The second-order valence-electron chi connectivity index (χ2n) is 5.41. The van der Waals surface area contributed by atoms with Crippen LogP contribution in [0.15, 0.2) is 24.5 Å². The molecule has 8 nitrogen and oxygen atoms in total. The fourth-order valence-electron chi connectivity index (χ4n) is 2.92. The van der Waals surface area contributed by atoms with Crippen molar-refractivity contribution < 1.29 is 29.2 Å². The van der Waals surface area contributed by atoms with Crippen molar-refractivity contribution in [2.45, 2.75) is 19.1 Å². The zero-order chi connectivity index (χ0) is 18.4. The van der Waals surface area contributed by atoms with E-state index in [0.717, 1.165) is 28.5 Å². The minimum absolute atomic E-state index is 0.135. The van der Waals surface area contributed by atoms with Crippen LogP contribution in [0.5, 0.6) is 11.5 Å². The number of carbonyl (C=O) groups is 1. The SMILES string of the molecule is COc1ccc(-c2nccn2[C@@H]2COC[C@@H]2O)c(OC)c1C.O=CO. The minimum Gasteiger partial charge on any atom is -0.496 e. The molecule has 0 saturated carbocycles. The summed E-state index contributed by atoms with van der Waals surface area (Å²) in [5.41, 5.74) is 1.78. The van der Waals surface area contributed by atoms with Crippen molar-refractivity contribution in [2.75, 3.05) is 27.4 Å². The molecule has 2 aromatic rings. The van der Waals surface area contributed by atoms with Gasteiger partial charge in [0.1, 0.15) is 23.4 Å². The van der Waals surface area contributed by atoms with Crippen LogP contribution >= 0.6 is 0 Å². The molecule has 0 bridgehead atoms. The molecule has 8 heteroatoms. The predicted molar refractivity (Wildman–Crippen MR) is 90.1 cm³/mol. The smallest absolute Gasteiger partial charge is 0.290 e. The van der Waals surface area contributed by atoms with Gasteiger partial charge in [-0.1, -0.05) is 0 Å². The number of methoxy groups -OCH3 is 2. The van der Waals surface area contributed by atoms with Crippen molar-refractivity contribution in [3.8, 4) is 22.9 Å². The Hall–Kier alpha value is -2.58. The van der Waals surface area contributed by atoms with Crippen LogP contribution in [-0.4, -0.2) is 59.8 Å². The molecular formula is C17H22N2O6. The molecule has 2 heterocycles. The maximum absolute atomic E-state index is 10.1. The Kier molecular flexibility index (Phi) is 6.37. The number of carboxylic acid groups (broad SMARTS) is 1. The standard InChI is InChI=1S/C16H20N2O4.CH2O2/c1-10-14(20-2)5-4-11(15(10)21-3)16-17-6-7-18(16)12-8-22-9-13(12)19;2-1-3/h4-7,12-13,19H,8-9H2,1-3H3;1H,(H,2,3)/t12-,13+;/m1./s1. The summed E-state index contributed by atoms with van der Waals surface area (Å²) in [6.07, 6.45) is 3.05. The van der Waals surface area contributed by atoms with E-state index in [1.54, 1.807) is 20.4 Å². The van der Waals surface area contributed by atoms with Crippen LogP contribution < -0.4 is 9.47 Å². The lowest BCUT2D eigenvalue weighted by molar-refractivity contribution is -0.122. The molecule has 0 aliphatic carbocycles. The Bertz CT molecular complexity index is 715. The molecular weight excluding hydrogens is 328 g/mol. The predicted octanol–water partition coefficient (Wildman–Crippen LogP) is 1.51. The highest BCUT2D eigenvalue weighted by Gasteiger charge is 2.30. The lowest BCUT2D eigenvalue weighted by Gasteiger charge is -2.19. The minimum atomic E-state index is -0.529. The molecule has 0 radical (unpaired) electrons. The van der Waals surface area contributed by atoms with Gasteiger partial charge in [0, 0.05) is 18.0 Å². The summed E-state index contributed by atoms with van der Waals surface area (Å²) in [5, 5.41) is 17.0. The Morgan fingerprint density at radius 2 is 2.04 bits per heavy atom. The first-order chi connectivity index (χ1) is 12.1. The van der Waals surface area contributed by atoms with Crippen molar-refractivity contribution >= 4 is 6.47 Å². The highest BCUT2D eigenvalue weighted by Crippen LogP contribution is 2.38. The number of aliphatic hydroxyl groups is 1. The van der Waals surface area contributed by atoms with E-state index in [0.29, 0.717) is 13.2 Å². The number of rotatable bonds is 4. The van der Waals surface area contributed by atoms with E-state index >= 15 is 0 Å². The fraction of sp³-hybridized carbons (Fsp3) is 0.412. The van der Waals surface area contributed by atoms with Crippen LogP contribution in [0.4, 0.5) is 0 Å². The van der Waals surface area contributed by atoms with Crippen LogP contribution in [0.25, 0.3) is 11.4 Å². The van der Waals surface area contributed by atoms with Gasteiger partial charge in [0.15, 0.2) is 0 Å². The fourth-order valence-corrected chi connectivity index (χ4v) is 2.92. The van der Waals surface area contributed by atoms with Gasteiger partial charge in [-0.3, -0.25) is 4.79 Å². The molecule has 1 aromatic heterocycles. The quantitative estimate of drug-likeness (QED) is 0.806. The number of hydrogen-bond donors (Lipinski definition) is 2. The molecule has 0 unspecified atom stereocenters. The normalized spacial score (nSPS) is 19.0. The summed E-state index contributed by atoms with van der Waals surface area (Å²) in [7, 11) is 3.26. The maximum atomic E-state index is 10.1. The number of ether oxygens (including phenoxy) is 3. The Labute approximate surface area is 145 Å². The molecule has 0 spiro atoms. The second-order valence-corrected chi connectivity index (χ2v) is 5.41. The van der Waals surface area contributed by atoms with Crippen molar-refractivity contribution in [3.05, 3.63) is 30.1 Å². The van der Waals surface area contributed by atoms with Crippen molar-refractivity contribution in [1.29, 1.82) is 0 Å². The third-order valence-corrected chi connectivity index (χ3v) is 4.07. The van der Waals surface area contributed by atoms with Gasteiger partial charge >= 0.3 is 0 Å². The van der Waals surface area contributed by atoms with Gasteiger partial charge in [0.05, 0.1) is 39.0 Å². The summed E-state index contributed by atoms with van der Waals surface area (Å²) in [6, 6.07) is 3.68. The molecule has 1 fully saturated rings. The van der Waals surface area contributed by atoms with Crippen molar-refractivity contribution in [3.63, 3.8) is 0 Å². The summed E-state index contributed by atoms with van der Waals surface area (Å²) in [5.74, 6) is 2.24. The van der Waals surface area contributed by atoms with E-state index in [-0.39, 0.29) is 12.5 Å². The monoisotopic (exact) mass is 350 g/mol. The maximum Gasteiger partial charge on any atom is 0.290 e. The number of benzene rings is 1. The summed E-state index contributed by atoms with van der Waals surface area (Å²) in [4.78, 5) is 12.8. The largest absolute Gasteiger partial charge is 0.496 e. The molecule has 1 aromatic carbocycles. The summed E-state index contributed by atoms with van der Waals surface area (Å²) >= 11 is 0. The number of aromatic nitrogens is 2. The first-order valence-electron chi connectivity index (χ1n) is 7.67. The van der Waals surface area contributed by atoms with Crippen LogP contribution in [0.3, 0.4) is 0 Å². The Balaban J connectivity index is 0.000000701. The second kappa shape index (κ2) is 8.50. The average Bonchev–Trinajstić information content (AvgIpc) is 3.23. The topological polar surface area (TPSA) is 103 Å². The van der Waals surface area contributed by atoms with Gasteiger partial charge < -0.3 is 29.0 Å². The van der Waals surface area contributed by atoms with E-state index < -0.39 is 6.10 Å². The van der Waals surface area contributed by atoms with Gasteiger partial charge in [-0.15, -0.1) is 0 Å². The first-order valence-corrected chi connectivity index (χ1v) is 7.67. The number of hydrogen-bond acceptors (Lipinski definition) is 6. The van der Waals surface area contributed by atoms with Crippen LogP contribution in [0.2, 0.25) is 0 Å². The summed E-state index contributed by atoms with van der Waals surface area (Å²) < 4.78 is 18.2. The van der Waals surface area contributed by atoms with Crippen LogP contribution in [0, 0.1) is 6.92 Å². The number of imidazole rings is 1. The number of nitrogens with zero attached hydrogens (tertiary/aromatic N) is 2. The molecule has 1 saturated heterocycles. The van der Waals surface area contributed by atoms with E-state index in [1.165, 1.54) is 0 Å². The molecule has 0 amide bonds. The van der Waals surface area contributed by atoms with E-state index in [2.05, 4.69) is 4.98 Å². The summed E-state index contributed by atoms with van der Waals surface area (Å²) in [6.45, 7) is 2.52. The third-order valence-electron chi connectivity index (χ3n) is 4.07. The van der Waals surface area contributed by atoms with E-state index in [9.17, 15) is 5.11 Å². The highest BCUT2D eigenvalue weighted by molar-refractivity contribution is 5.69. The lowest BCUT2D eigenvalue weighted by Crippen LogP contribution is -2.22. The van der Waals surface area contributed by atoms with E-state index in [4.69, 9.17) is 24.1 Å². The average molecular weight is 350 g/mol. The van der Waals surface area contributed by atoms with Crippen LogP contribution in [0.1, 0.15) is 11.6 Å². The zero-order valence-corrected chi connectivity index (χ0v) is 14.4. The van der Waals surface area contributed by atoms with Gasteiger partial charge in [-0.05, 0) is 19.1 Å². The van der Waals surface area contributed by atoms with Gasteiger partial charge in [0.25, 0.3) is 6.47 Å². The molecule has 1 aliphatic rings. The lowest BCUT2D eigenvalue weighted by atomic mass is 10.1. The van der Waals surface area contributed by atoms with Gasteiger partial charge in [-0.25, -0.2) is 4.98 Å². The molecule has 2 N–H and O–H groups in total. The molecule has 3 rings (SSSR count). The Morgan fingerprint density at radius 3 is 2.60 bits per heavy atom. The van der Waals surface area contributed by atoms with Crippen molar-refractivity contribution in [1.82, 2.24) is 9.55 Å².